The van der Waals surface area contributed by atoms with Gasteiger partial charge in [0.2, 0.25) is 0 Å². The third-order valence-electron chi connectivity index (χ3n) is 4.40. The molecular weight excluding hydrogens is 282 g/mol. The highest BCUT2D eigenvalue weighted by molar-refractivity contribution is 6.74. The molecule has 1 rings (SSSR count). The minimum Gasteiger partial charge on any atom is -0.444 e. The molecule has 21 heavy (non-hydrogen) atoms. The van der Waals surface area contributed by atoms with Crippen LogP contribution in [-0.2, 0) is 9.16 Å². The van der Waals surface area contributed by atoms with E-state index in [1.807, 2.05) is 20.8 Å². The molecule has 1 saturated heterocycles. The molecule has 0 bridgehead atoms. The molecule has 0 spiro atoms. The summed E-state index contributed by atoms with van der Waals surface area (Å²) >= 11 is 0. The lowest BCUT2D eigenvalue weighted by atomic mass is 10.1. The highest BCUT2D eigenvalue weighted by atomic mass is 28.4. The van der Waals surface area contributed by atoms with Crippen LogP contribution in [0.1, 0.15) is 54.9 Å². The van der Waals surface area contributed by atoms with E-state index in [1.54, 1.807) is 4.90 Å². The number of hydrogen-bond donors (Lipinski definition) is 0. The van der Waals surface area contributed by atoms with Gasteiger partial charge in [-0.1, -0.05) is 20.8 Å². The average molecular weight is 316 g/mol. The van der Waals surface area contributed by atoms with E-state index in [0.717, 1.165) is 6.42 Å². The van der Waals surface area contributed by atoms with Gasteiger partial charge in [0.1, 0.15) is 5.60 Å². The fourth-order valence-corrected chi connectivity index (χ4v) is 3.97. The monoisotopic (exact) mass is 315 g/mol. The third kappa shape index (κ3) is 4.99. The normalized spacial score (nSPS) is 24.3. The van der Waals surface area contributed by atoms with Crippen LogP contribution in [0.5, 0.6) is 0 Å². The summed E-state index contributed by atoms with van der Waals surface area (Å²) in [5, 5.41) is 0.176. The second kappa shape index (κ2) is 5.58. The highest BCUT2D eigenvalue weighted by Crippen LogP contribution is 2.41. The zero-order chi connectivity index (χ0) is 16.7. The fraction of sp³-hybridized carbons (Fsp3) is 0.938. The van der Waals surface area contributed by atoms with Gasteiger partial charge in [0, 0.05) is 6.54 Å². The minimum atomic E-state index is -1.83. The summed E-state index contributed by atoms with van der Waals surface area (Å²) < 4.78 is 12.0. The van der Waals surface area contributed by atoms with Gasteiger partial charge in [0.25, 0.3) is 0 Å². The zero-order valence-corrected chi connectivity index (χ0v) is 16.3. The van der Waals surface area contributed by atoms with Gasteiger partial charge in [-0.15, -0.1) is 0 Å². The Balaban J connectivity index is 2.70. The SMILES string of the molecule is CC(C)(C)OC(=O)N1CC[C@@](C)(O[Si](C)(C)C(C)(C)C)C1. The van der Waals surface area contributed by atoms with Gasteiger partial charge in [-0.05, 0) is 52.2 Å². The molecule has 0 aromatic rings. The minimum absolute atomic E-state index is 0.176. The third-order valence-corrected chi connectivity index (χ3v) is 9.01. The van der Waals surface area contributed by atoms with E-state index in [-0.39, 0.29) is 16.7 Å². The van der Waals surface area contributed by atoms with Gasteiger partial charge in [0.05, 0.1) is 12.1 Å². The van der Waals surface area contributed by atoms with Crippen LogP contribution < -0.4 is 0 Å². The molecule has 0 unspecified atom stereocenters. The largest absolute Gasteiger partial charge is 0.444 e. The van der Waals surface area contributed by atoms with E-state index >= 15 is 0 Å². The van der Waals surface area contributed by atoms with Crippen molar-refractivity contribution in [3.05, 3.63) is 0 Å². The van der Waals surface area contributed by atoms with Crippen molar-refractivity contribution in [3.63, 3.8) is 0 Å². The van der Waals surface area contributed by atoms with Crippen molar-refractivity contribution >= 4 is 14.4 Å². The van der Waals surface area contributed by atoms with E-state index in [9.17, 15) is 4.79 Å². The molecule has 1 amide bonds. The van der Waals surface area contributed by atoms with Crippen LogP contribution in [0.3, 0.4) is 0 Å². The van der Waals surface area contributed by atoms with Crippen LogP contribution in [0.4, 0.5) is 4.79 Å². The zero-order valence-electron chi connectivity index (χ0n) is 15.3. The number of amides is 1. The molecule has 4 nitrogen and oxygen atoms in total. The summed E-state index contributed by atoms with van der Waals surface area (Å²) in [5.74, 6) is 0. The number of hydrogen-bond acceptors (Lipinski definition) is 3. The van der Waals surface area contributed by atoms with Crippen LogP contribution in [0.25, 0.3) is 0 Å². The molecule has 0 aliphatic carbocycles. The molecule has 0 aromatic carbocycles. The lowest BCUT2D eigenvalue weighted by Crippen LogP contribution is -2.50. The molecule has 1 aliphatic rings. The van der Waals surface area contributed by atoms with Crippen molar-refractivity contribution in [1.82, 2.24) is 4.90 Å². The Morgan fingerprint density at radius 1 is 1.14 bits per heavy atom. The number of carbonyl (C=O) groups excluding carboxylic acids is 1. The van der Waals surface area contributed by atoms with Crippen molar-refractivity contribution < 1.29 is 14.0 Å². The molecule has 1 fully saturated rings. The number of carbonyl (C=O) groups is 1. The smallest absolute Gasteiger partial charge is 0.410 e. The Hall–Kier alpha value is -0.553. The Kier molecular flexibility index (Phi) is 4.91. The molecule has 0 N–H and O–H groups in total. The molecule has 0 saturated carbocycles. The van der Waals surface area contributed by atoms with Crippen LogP contribution in [-0.4, -0.2) is 43.6 Å². The van der Waals surface area contributed by atoms with Gasteiger partial charge in [-0.3, -0.25) is 0 Å². The highest BCUT2D eigenvalue weighted by Gasteiger charge is 2.46. The van der Waals surface area contributed by atoms with Gasteiger partial charge >= 0.3 is 6.09 Å². The first-order chi connectivity index (χ1) is 9.15. The van der Waals surface area contributed by atoms with E-state index in [1.165, 1.54) is 0 Å². The second-order valence-electron chi connectivity index (χ2n) is 8.96. The second-order valence-corrected chi connectivity index (χ2v) is 13.7. The maximum Gasteiger partial charge on any atom is 0.410 e. The first kappa shape index (κ1) is 18.5. The van der Waals surface area contributed by atoms with E-state index in [2.05, 4.69) is 40.8 Å². The summed E-state index contributed by atoms with van der Waals surface area (Å²) in [4.78, 5) is 13.9. The van der Waals surface area contributed by atoms with Gasteiger partial charge in [-0.25, -0.2) is 4.79 Å². The van der Waals surface area contributed by atoms with Crippen molar-refractivity contribution in [3.8, 4) is 0 Å². The fourth-order valence-electron chi connectivity index (χ4n) is 2.27. The lowest BCUT2D eigenvalue weighted by molar-refractivity contribution is 0.0213. The molecular formula is C16H33NO3Si. The van der Waals surface area contributed by atoms with E-state index in [4.69, 9.17) is 9.16 Å². The van der Waals surface area contributed by atoms with Crippen LogP contribution in [0.2, 0.25) is 18.1 Å². The van der Waals surface area contributed by atoms with Crippen molar-refractivity contribution in [2.24, 2.45) is 0 Å². The molecule has 1 atom stereocenters. The molecule has 1 aliphatic heterocycles. The van der Waals surface area contributed by atoms with Crippen molar-refractivity contribution in [2.75, 3.05) is 13.1 Å². The quantitative estimate of drug-likeness (QED) is 0.709. The number of rotatable bonds is 2. The average Bonchev–Trinajstić information content (AvgIpc) is 2.55. The van der Waals surface area contributed by atoms with Crippen LogP contribution in [0.15, 0.2) is 0 Å². The molecule has 1 heterocycles. The maximum absolute atomic E-state index is 12.2. The number of likely N-dealkylation sites (tertiary alicyclic amines) is 1. The predicted octanol–water partition coefficient (Wildman–Crippen LogP) is 4.41. The standard InChI is InChI=1S/C16H33NO3Si/c1-14(2,3)19-13(18)17-11-10-16(7,12-17)20-21(8,9)15(4,5)6/h10-12H2,1-9H3/t16-/m1/s1. The summed E-state index contributed by atoms with van der Waals surface area (Å²) in [5.41, 5.74) is -0.698. The number of ether oxygens (including phenoxy) is 1. The van der Waals surface area contributed by atoms with Crippen LogP contribution >= 0.6 is 0 Å². The van der Waals surface area contributed by atoms with Gasteiger partial charge in [0.15, 0.2) is 8.32 Å². The number of nitrogens with zero attached hydrogens (tertiary/aromatic N) is 1. The molecule has 0 aromatic heterocycles. The lowest BCUT2D eigenvalue weighted by Gasteiger charge is -2.42. The summed E-state index contributed by atoms with van der Waals surface area (Å²) in [6.45, 7) is 20.4. The van der Waals surface area contributed by atoms with Crippen molar-refractivity contribution in [2.45, 2.75) is 84.2 Å². The van der Waals surface area contributed by atoms with E-state index in [0.29, 0.717) is 13.1 Å². The van der Waals surface area contributed by atoms with Crippen LogP contribution in [0, 0.1) is 0 Å². The van der Waals surface area contributed by atoms with E-state index < -0.39 is 13.9 Å². The Morgan fingerprint density at radius 2 is 1.67 bits per heavy atom. The maximum atomic E-state index is 12.2. The van der Waals surface area contributed by atoms with Gasteiger partial charge < -0.3 is 14.1 Å². The predicted molar refractivity (Wildman–Crippen MR) is 89.1 cm³/mol. The summed E-state index contributed by atoms with van der Waals surface area (Å²) in [7, 11) is -1.83. The van der Waals surface area contributed by atoms with Gasteiger partial charge in [-0.2, -0.15) is 0 Å². The molecule has 0 radical (unpaired) electrons. The Bertz CT molecular complexity index is 395. The molecule has 124 valence electrons. The topological polar surface area (TPSA) is 38.8 Å². The Morgan fingerprint density at radius 3 is 2.10 bits per heavy atom. The summed E-state index contributed by atoms with van der Waals surface area (Å²) in [6.07, 6.45) is 0.642. The van der Waals surface area contributed by atoms with Crippen molar-refractivity contribution in [1.29, 1.82) is 0 Å². The first-order valence-electron chi connectivity index (χ1n) is 7.83. The first-order valence-corrected chi connectivity index (χ1v) is 10.7. The Labute approximate surface area is 131 Å². The summed E-state index contributed by atoms with van der Waals surface area (Å²) in [6, 6.07) is 0. The molecule has 5 heteroatoms.